The van der Waals surface area contributed by atoms with Gasteiger partial charge < -0.3 is 9.13 Å². The second-order valence-corrected chi connectivity index (χ2v) is 24.1. The Labute approximate surface area is 533 Å². The first-order chi connectivity index (χ1) is 44.7. The molecule has 0 amide bonds. The van der Waals surface area contributed by atoms with E-state index in [9.17, 15) is 65.9 Å². The summed E-state index contributed by atoms with van der Waals surface area (Å²) in [6.07, 6.45) is -23.7. The Kier molecular flexibility index (Phi) is 15.0. The number of benzene rings is 11. The maximum atomic E-state index is 14.7. The summed E-state index contributed by atoms with van der Waals surface area (Å²) < 4.78 is 221. The quantitative estimate of drug-likeness (QED) is 0.106. The molecule has 2 heterocycles. The van der Waals surface area contributed by atoms with Gasteiger partial charge >= 0.3 is 30.9 Å². The van der Waals surface area contributed by atoms with Crippen LogP contribution in [-0.2, 0) is 30.9 Å². The maximum Gasteiger partial charge on any atom is 0.416 e. The van der Waals surface area contributed by atoms with E-state index in [-0.39, 0.29) is 50.3 Å². The maximum absolute atomic E-state index is 14.7. The number of aromatic nitrogens is 2. The average molecular weight is 1300 g/mol. The highest BCUT2D eigenvalue weighted by Crippen LogP contribution is 2.48. The van der Waals surface area contributed by atoms with Gasteiger partial charge in [-0.25, -0.2) is 4.85 Å². The van der Waals surface area contributed by atoms with Crippen LogP contribution in [0.5, 0.6) is 0 Å². The minimum Gasteiger partial charge on any atom is -0.309 e. The molecule has 0 N–H and O–H groups in total. The molecule has 2 aromatic heterocycles. The van der Waals surface area contributed by atoms with Crippen molar-refractivity contribution >= 4 is 49.3 Å². The number of halogens is 15. The fourth-order valence-corrected chi connectivity index (χ4v) is 13.0. The molecule has 0 aliphatic heterocycles. The van der Waals surface area contributed by atoms with Crippen LogP contribution < -0.4 is 0 Å². The molecule has 0 bridgehead atoms. The normalized spacial score (nSPS) is 12.6. The number of hydrogen-bond donors (Lipinski definition) is 0. The zero-order valence-electron chi connectivity index (χ0n) is 50.6. The van der Waals surface area contributed by atoms with Crippen molar-refractivity contribution in [3.8, 4) is 78.1 Å². The molecule has 11 aromatic carbocycles. The fourth-order valence-electron chi connectivity index (χ4n) is 13.0. The number of rotatable bonds is 8. The van der Waals surface area contributed by atoms with Gasteiger partial charge in [0, 0.05) is 27.1 Å². The van der Waals surface area contributed by atoms with E-state index >= 15 is 0 Å². The molecule has 0 radical (unpaired) electrons. The largest absolute Gasteiger partial charge is 0.416 e. The molecule has 18 heteroatoms. The van der Waals surface area contributed by atoms with Crippen molar-refractivity contribution in [2.24, 2.45) is 0 Å². The van der Waals surface area contributed by atoms with Crippen LogP contribution in [0.4, 0.5) is 71.5 Å². The van der Waals surface area contributed by atoms with Crippen LogP contribution in [0.3, 0.4) is 0 Å². The summed E-state index contributed by atoms with van der Waals surface area (Å²) in [5.41, 5.74) is 2.63. The van der Waals surface area contributed by atoms with E-state index in [2.05, 4.69) is 4.85 Å². The minimum absolute atomic E-state index is 0.113. The molecular formula is C77H48F15N3. The number of hydrogen-bond acceptors (Lipinski definition) is 0. The van der Waals surface area contributed by atoms with Gasteiger partial charge in [-0.2, -0.15) is 65.9 Å². The lowest BCUT2D eigenvalue weighted by atomic mass is 9.94. The van der Waals surface area contributed by atoms with Gasteiger partial charge in [0.25, 0.3) is 0 Å². The molecule has 13 rings (SSSR count). The molecule has 0 saturated heterocycles. The molecule has 0 unspecified atom stereocenters. The molecule has 0 saturated carbocycles. The number of nitrogens with zero attached hydrogens (tertiary/aromatic N) is 3. The first kappa shape index (κ1) is 63.2. The fraction of sp³-hybridized carbons (Fsp3) is 0.130. The van der Waals surface area contributed by atoms with Crippen molar-refractivity contribution in [2.45, 2.75) is 65.5 Å². The van der Waals surface area contributed by atoms with Gasteiger partial charge in [-0.1, -0.05) is 72.8 Å². The third kappa shape index (κ3) is 11.9. The van der Waals surface area contributed by atoms with Crippen LogP contribution in [0.15, 0.2) is 200 Å². The molecule has 95 heavy (non-hydrogen) atoms. The predicted molar refractivity (Wildman–Crippen MR) is 343 cm³/mol. The summed E-state index contributed by atoms with van der Waals surface area (Å²) >= 11 is 0. The van der Waals surface area contributed by atoms with Crippen molar-refractivity contribution in [3.05, 3.63) is 267 Å². The monoisotopic (exact) mass is 1300 g/mol. The number of alkyl halides is 15. The van der Waals surface area contributed by atoms with Gasteiger partial charge in [-0.05, 0) is 251 Å². The van der Waals surface area contributed by atoms with Crippen molar-refractivity contribution < 1.29 is 65.9 Å². The predicted octanol–water partition coefficient (Wildman–Crippen LogP) is 25.1. The van der Waals surface area contributed by atoms with Gasteiger partial charge in [0.2, 0.25) is 0 Å². The van der Waals surface area contributed by atoms with Crippen LogP contribution in [0, 0.1) is 41.2 Å². The van der Waals surface area contributed by atoms with Gasteiger partial charge in [0.1, 0.15) is 0 Å². The highest BCUT2D eigenvalue weighted by atomic mass is 19.4. The van der Waals surface area contributed by atoms with Crippen LogP contribution in [-0.4, -0.2) is 9.13 Å². The van der Waals surface area contributed by atoms with E-state index < -0.39 is 58.7 Å². The smallest absolute Gasteiger partial charge is 0.309 e. The van der Waals surface area contributed by atoms with Crippen molar-refractivity contribution in [1.29, 1.82) is 0 Å². The summed E-state index contributed by atoms with van der Waals surface area (Å²) in [6, 6.07) is 47.7. The third-order valence-corrected chi connectivity index (χ3v) is 17.1. The van der Waals surface area contributed by atoms with Gasteiger partial charge in [0.15, 0.2) is 5.69 Å². The lowest BCUT2D eigenvalue weighted by molar-refractivity contribution is -0.138. The Balaban J connectivity index is 1.13. The molecule has 3 nitrogen and oxygen atoms in total. The van der Waals surface area contributed by atoms with Gasteiger partial charge in [-0.3, -0.25) is 0 Å². The van der Waals surface area contributed by atoms with E-state index in [0.29, 0.717) is 105 Å². The Morgan fingerprint density at radius 3 is 0.789 bits per heavy atom. The van der Waals surface area contributed by atoms with E-state index in [1.807, 2.05) is 4.57 Å². The third-order valence-electron chi connectivity index (χ3n) is 17.1. The number of aryl methyl sites for hydroxylation is 5. The molecular weight excluding hydrogens is 1250 g/mol. The number of fused-ring (bicyclic) bond motifs is 6. The lowest BCUT2D eigenvalue weighted by Gasteiger charge is -2.21. The zero-order valence-corrected chi connectivity index (χ0v) is 50.6. The first-order valence-corrected chi connectivity index (χ1v) is 29.5. The van der Waals surface area contributed by atoms with Crippen molar-refractivity contribution in [3.63, 3.8) is 0 Å². The summed E-state index contributed by atoms with van der Waals surface area (Å²) in [6.45, 7) is 16.0. The van der Waals surface area contributed by atoms with E-state index in [4.69, 9.17) is 6.57 Å². The van der Waals surface area contributed by atoms with Crippen LogP contribution in [0.1, 0.15) is 55.6 Å². The Bertz CT molecular complexity index is 5130. The SMILES string of the molecule is [C-]#[N+]c1ccc(-n2c3ccc(-c4cc(C)cc(C(F)(F)F)c4)cc3c3cc(-c4cc(C)cc(C(F)(F)F)c4)ccc32)c(-c2ccc(-c3cc(C)cc(C(F)(F)F)c3)cc2-n2c3ccc(-c4cc(C)cc(C(F)(F)F)c4)cc3c3cc(-c4cc(C)cc(C(F)(F)F)c4)ccc32)c1. The van der Waals surface area contributed by atoms with Crippen molar-refractivity contribution in [1.82, 2.24) is 9.13 Å². The van der Waals surface area contributed by atoms with Gasteiger partial charge in [0.05, 0.1) is 67.8 Å². The molecule has 0 aliphatic carbocycles. The van der Waals surface area contributed by atoms with E-state index in [1.54, 1.807) is 144 Å². The van der Waals surface area contributed by atoms with Crippen LogP contribution >= 0.6 is 0 Å². The molecule has 0 spiro atoms. The van der Waals surface area contributed by atoms with Crippen molar-refractivity contribution in [2.75, 3.05) is 0 Å². The average Bonchev–Trinajstić information content (AvgIpc) is 1.59. The summed E-state index contributed by atoms with van der Waals surface area (Å²) in [5.74, 6) is 0. The van der Waals surface area contributed by atoms with Gasteiger partial charge in [-0.15, -0.1) is 0 Å². The Morgan fingerprint density at radius 2 is 0.516 bits per heavy atom. The second-order valence-electron chi connectivity index (χ2n) is 24.1. The minimum atomic E-state index is -4.78. The Morgan fingerprint density at radius 1 is 0.253 bits per heavy atom. The Hall–Kier alpha value is -10.5. The molecule has 13 aromatic rings. The highest BCUT2D eigenvalue weighted by molar-refractivity contribution is 6.14. The van der Waals surface area contributed by atoms with Crippen LogP contribution in [0.2, 0.25) is 0 Å². The zero-order chi connectivity index (χ0) is 67.7. The topological polar surface area (TPSA) is 14.2 Å². The second kappa shape index (κ2) is 22.6. The molecule has 476 valence electrons. The van der Waals surface area contributed by atoms with E-state index in [0.717, 1.165) is 60.7 Å². The van der Waals surface area contributed by atoms with Crippen LogP contribution in [0.25, 0.3) is 127 Å². The highest BCUT2D eigenvalue weighted by Gasteiger charge is 2.36. The summed E-state index contributed by atoms with van der Waals surface area (Å²) in [4.78, 5) is 3.82. The first-order valence-electron chi connectivity index (χ1n) is 29.5. The molecule has 0 aliphatic rings. The summed E-state index contributed by atoms with van der Waals surface area (Å²) in [7, 11) is 0. The lowest BCUT2D eigenvalue weighted by Crippen LogP contribution is -2.06. The molecule has 0 fully saturated rings. The molecule has 0 atom stereocenters. The van der Waals surface area contributed by atoms with E-state index in [1.165, 1.54) is 34.6 Å². The summed E-state index contributed by atoms with van der Waals surface area (Å²) in [5, 5.41) is 1.71. The standard InChI is InChI=1S/C77H48F15N3/c1-40-19-50(29-55(24-40)73(78,79)80)45-8-14-67-62(34-45)63-35-46(51-20-41(2)25-56(30-51)74(81,82)83)9-15-68(63)94(67)71-18-12-60(93-6)39-66(71)61-13-7-49(54-23-44(5)28-59(33-54)77(90,91)92)38-72(61)95-69-16-10-47(52-21-42(3)26-57(31-52)75(84,85)86)36-64(69)65-37-48(11-17-70(65)95)53-22-43(4)27-58(32-53)76(87,88)89/h7-39H,1-5H3.